The minimum absolute atomic E-state index is 0.0216. The fourth-order valence-electron chi connectivity index (χ4n) is 7.22. The number of likely N-dealkylation sites (tertiary alicyclic amines) is 1. The van der Waals surface area contributed by atoms with Crippen molar-refractivity contribution < 1.29 is 38.1 Å². The number of carbonyl (C=O) groups excluding carboxylic acids is 4. The van der Waals surface area contributed by atoms with Crippen molar-refractivity contribution in [1.29, 1.82) is 0 Å². The molecule has 2 aliphatic heterocycles. The lowest BCUT2D eigenvalue weighted by Gasteiger charge is -2.34. The number of hydrogen-bond acceptors (Lipinski definition) is 10. The third-order valence-corrected chi connectivity index (χ3v) is 10.8. The Morgan fingerprint density at radius 2 is 1.26 bits per heavy atom. The Labute approximate surface area is 363 Å². The second-order valence-electron chi connectivity index (χ2n) is 15.2. The molecule has 0 unspecified atom stereocenters. The lowest BCUT2D eigenvalue weighted by atomic mass is 10.0. The van der Waals surface area contributed by atoms with Gasteiger partial charge in [-0.1, -0.05) is 68.1 Å². The van der Waals surface area contributed by atoms with Gasteiger partial charge in [-0.3, -0.25) is 29.0 Å². The van der Waals surface area contributed by atoms with E-state index in [1.807, 2.05) is 59.5 Å². The number of hydrogen-bond donors (Lipinski definition) is 2. The maximum Gasteiger partial charge on any atom is 0.246 e. The molecule has 0 aliphatic carbocycles. The van der Waals surface area contributed by atoms with Gasteiger partial charge in [0.1, 0.15) is 0 Å². The SMILES string of the molecule is C=Cc1ccccc1CN(C(=O)CCC(=O)NCCOCCOCCOCCOCCC(=O)NCCN1CCN(C/C=C/C(=O)N2CCCCC2)CC1)c1ccccc1CC. The Hall–Kier alpha value is -4.44. The van der Waals surface area contributed by atoms with E-state index in [4.69, 9.17) is 18.9 Å². The number of para-hydroxylation sites is 1. The highest BCUT2D eigenvalue weighted by Crippen LogP contribution is 2.25. The second kappa shape index (κ2) is 29.8. The van der Waals surface area contributed by atoms with E-state index in [9.17, 15) is 19.2 Å². The van der Waals surface area contributed by atoms with Crippen molar-refractivity contribution in [1.82, 2.24) is 25.3 Å². The second-order valence-corrected chi connectivity index (χ2v) is 15.2. The van der Waals surface area contributed by atoms with Crippen LogP contribution < -0.4 is 15.5 Å². The monoisotopic (exact) mass is 847 g/mol. The lowest BCUT2D eigenvalue weighted by molar-refractivity contribution is -0.127. The first kappa shape index (κ1) is 49.2. The van der Waals surface area contributed by atoms with Crippen LogP contribution in [0.5, 0.6) is 0 Å². The van der Waals surface area contributed by atoms with E-state index in [0.29, 0.717) is 78.9 Å². The maximum absolute atomic E-state index is 13.5. The molecule has 4 rings (SSSR count). The quantitative estimate of drug-likeness (QED) is 0.0910. The van der Waals surface area contributed by atoms with E-state index in [1.165, 1.54) is 6.42 Å². The molecule has 0 aromatic heterocycles. The van der Waals surface area contributed by atoms with Crippen LogP contribution in [-0.4, -0.2) is 157 Å². The molecule has 61 heavy (non-hydrogen) atoms. The van der Waals surface area contributed by atoms with Crippen molar-refractivity contribution in [3.8, 4) is 0 Å². The molecule has 4 amide bonds. The number of ether oxygens (including phenoxy) is 4. The summed E-state index contributed by atoms with van der Waals surface area (Å²) >= 11 is 0. The molecule has 2 aromatic carbocycles. The molecule has 0 saturated carbocycles. The highest BCUT2D eigenvalue weighted by Gasteiger charge is 2.21. The van der Waals surface area contributed by atoms with E-state index >= 15 is 0 Å². The first-order valence-electron chi connectivity index (χ1n) is 22.2. The van der Waals surface area contributed by atoms with Crippen molar-refractivity contribution in [2.24, 2.45) is 0 Å². The Bertz CT molecular complexity index is 1640. The summed E-state index contributed by atoms with van der Waals surface area (Å²) in [6, 6.07) is 15.8. The maximum atomic E-state index is 13.5. The molecule has 14 heteroatoms. The highest BCUT2D eigenvalue weighted by molar-refractivity contribution is 5.96. The average molecular weight is 847 g/mol. The van der Waals surface area contributed by atoms with Gasteiger partial charge in [-0.25, -0.2) is 0 Å². The minimum Gasteiger partial charge on any atom is -0.379 e. The molecule has 2 heterocycles. The van der Waals surface area contributed by atoms with Gasteiger partial charge in [-0.05, 0) is 48.4 Å². The first-order valence-corrected chi connectivity index (χ1v) is 22.2. The Morgan fingerprint density at radius 3 is 1.95 bits per heavy atom. The van der Waals surface area contributed by atoms with Gasteiger partial charge >= 0.3 is 0 Å². The Balaban J connectivity index is 0.916. The summed E-state index contributed by atoms with van der Waals surface area (Å²) in [7, 11) is 0. The van der Waals surface area contributed by atoms with Gasteiger partial charge in [0, 0.05) is 96.5 Å². The number of nitrogens with one attached hydrogen (secondary N) is 2. The van der Waals surface area contributed by atoms with Crippen molar-refractivity contribution in [3.05, 3.63) is 84.0 Å². The lowest BCUT2D eigenvalue weighted by Crippen LogP contribution is -2.48. The topological polar surface area (TPSA) is 142 Å². The van der Waals surface area contributed by atoms with Crippen LogP contribution in [0.15, 0.2) is 67.3 Å². The van der Waals surface area contributed by atoms with Gasteiger partial charge in [0.25, 0.3) is 0 Å². The predicted octanol–water partition coefficient (Wildman–Crippen LogP) is 4.08. The molecule has 0 radical (unpaired) electrons. The highest BCUT2D eigenvalue weighted by atomic mass is 16.6. The summed E-state index contributed by atoms with van der Waals surface area (Å²) in [6.07, 6.45) is 10.2. The van der Waals surface area contributed by atoms with Crippen molar-refractivity contribution in [2.45, 2.75) is 58.4 Å². The summed E-state index contributed by atoms with van der Waals surface area (Å²) in [4.78, 5) is 59.0. The molecule has 0 bridgehead atoms. The number of amides is 4. The standard InChI is InChI=1S/C47H70N6O8/c1-3-40-13-6-7-15-42(40)39-53(43-16-9-8-14-41(43)4-2)47(57)19-18-44(54)49-22-32-59-34-36-61-38-37-60-35-33-58-31-20-45(55)48-21-26-51-29-27-50(28-30-51)23-12-17-46(56)52-24-10-5-11-25-52/h3,6-9,12-17H,1,4-5,10-11,18-39H2,2H3,(H,48,55)(H,49,54)/b17-12+. The molecule has 2 fully saturated rings. The smallest absolute Gasteiger partial charge is 0.246 e. The molecule has 2 aromatic rings. The van der Waals surface area contributed by atoms with Crippen molar-refractivity contribution in [3.63, 3.8) is 0 Å². The third-order valence-electron chi connectivity index (χ3n) is 10.8. The van der Waals surface area contributed by atoms with Crippen LogP contribution >= 0.6 is 0 Å². The number of benzene rings is 2. The molecule has 336 valence electrons. The molecule has 2 N–H and O–H groups in total. The number of piperazine rings is 1. The summed E-state index contributed by atoms with van der Waals surface area (Å²) in [6.45, 7) is 17.6. The van der Waals surface area contributed by atoms with Gasteiger partial charge in [-0.15, -0.1) is 0 Å². The summed E-state index contributed by atoms with van der Waals surface area (Å²) < 4.78 is 22.2. The van der Waals surface area contributed by atoms with E-state index in [-0.39, 0.29) is 36.5 Å². The fourth-order valence-corrected chi connectivity index (χ4v) is 7.22. The molecular weight excluding hydrogens is 777 g/mol. The average Bonchev–Trinajstić information content (AvgIpc) is 3.29. The van der Waals surface area contributed by atoms with Crippen molar-refractivity contribution >= 4 is 35.4 Å². The number of anilines is 1. The molecule has 0 spiro atoms. The first-order chi connectivity index (χ1) is 29.9. The van der Waals surface area contributed by atoms with Crippen LogP contribution in [-0.2, 0) is 51.1 Å². The van der Waals surface area contributed by atoms with Crippen LogP contribution in [0.25, 0.3) is 6.08 Å². The van der Waals surface area contributed by atoms with Crippen molar-refractivity contribution in [2.75, 3.05) is 123 Å². The van der Waals surface area contributed by atoms with Gasteiger partial charge in [0.05, 0.1) is 59.4 Å². The van der Waals surface area contributed by atoms with Gasteiger partial charge in [0.2, 0.25) is 23.6 Å². The molecule has 14 nitrogen and oxygen atoms in total. The number of piperidine rings is 1. The van der Waals surface area contributed by atoms with Gasteiger partial charge < -0.3 is 39.4 Å². The fraction of sp³-hybridized carbons (Fsp3) is 0.574. The summed E-state index contributed by atoms with van der Waals surface area (Å²) in [5.41, 5.74) is 3.89. The normalized spacial score (nSPS) is 14.9. The zero-order chi connectivity index (χ0) is 43.3. The van der Waals surface area contributed by atoms with E-state index < -0.39 is 0 Å². The number of nitrogens with zero attached hydrogens (tertiary/aromatic N) is 4. The molecule has 2 saturated heterocycles. The van der Waals surface area contributed by atoms with Gasteiger partial charge in [0.15, 0.2) is 0 Å². The van der Waals surface area contributed by atoms with Gasteiger partial charge in [-0.2, -0.15) is 0 Å². The molecule has 0 atom stereocenters. The van der Waals surface area contributed by atoms with Crippen LogP contribution in [0, 0.1) is 0 Å². The predicted molar refractivity (Wildman–Crippen MR) is 239 cm³/mol. The third kappa shape index (κ3) is 19.4. The minimum atomic E-state index is -0.201. The number of aryl methyl sites for hydroxylation is 1. The zero-order valence-corrected chi connectivity index (χ0v) is 36.5. The van der Waals surface area contributed by atoms with Crippen LogP contribution in [0.2, 0.25) is 0 Å². The van der Waals surface area contributed by atoms with Crippen LogP contribution in [0.1, 0.15) is 62.1 Å². The zero-order valence-electron chi connectivity index (χ0n) is 36.5. The Morgan fingerprint density at radius 1 is 0.672 bits per heavy atom. The largest absolute Gasteiger partial charge is 0.379 e. The van der Waals surface area contributed by atoms with E-state index in [1.54, 1.807) is 17.1 Å². The molecular formula is C47H70N6O8. The number of rotatable bonds is 29. The summed E-state index contributed by atoms with van der Waals surface area (Å²) in [5, 5.41) is 5.81. The van der Waals surface area contributed by atoms with E-state index in [0.717, 1.165) is 94.0 Å². The summed E-state index contributed by atoms with van der Waals surface area (Å²) in [5.74, 6) is -0.201. The number of carbonyl (C=O) groups is 4. The molecule has 2 aliphatic rings. The Kier molecular flexibility index (Phi) is 24.0. The van der Waals surface area contributed by atoms with E-state index in [2.05, 4.69) is 33.9 Å². The van der Waals surface area contributed by atoms with Crippen LogP contribution in [0.3, 0.4) is 0 Å². The van der Waals surface area contributed by atoms with Crippen LogP contribution in [0.4, 0.5) is 5.69 Å².